The van der Waals surface area contributed by atoms with Crippen molar-refractivity contribution < 1.29 is 0 Å². The van der Waals surface area contributed by atoms with Crippen molar-refractivity contribution in [2.45, 2.75) is 33.1 Å². The molecule has 0 N–H and O–H groups in total. The minimum absolute atomic E-state index is 0.512. The third-order valence-corrected chi connectivity index (χ3v) is 2.96. The summed E-state index contributed by atoms with van der Waals surface area (Å²) in [4.78, 5) is 10.6. The third-order valence-electron chi connectivity index (χ3n) is 2.96. The summed E-state index contributed by atoms with van der Waals surface area (Å²) in [6.07, 6.45) is 6.29. The zero-order valence-corrected chi connectivity index (χ0v) is 10.6. The van der Waals surface area contributed by atoms with Crippen LogP contribution in [-0.4, -0.2) is 23.1 Å². The molecular weight excluding hydrogens is 212 g/mol. The van der Waals surface area contributed by atoms with E-state index in [2.05, 4.69) is 34.8 Å². The highest BCUT2D eigenvalue weighted by Crippen LogP contribution is 2.14. The number of rotatable bonds is 7. The molecule has 0 amide bonds. The molecule has 0 aliphatic carbocycles. The predicted molar refractivity (Wildman–Crippen MR) is 68.5 cm³/mol. The molecular formula is C13H20N4. The first kappa shape index (κ1) is 13.4. The van der Waals surface area contributed by atoms with E-state index in [-0.39, 0.29) is 0 Å². The van der Waals surface area contributed by atoms with Gasteiger partial charge in [0.1, 0.15) is 0 Å². The molecule has 1 aromatic rings. The second kappa shape index (κ2) is 7.61. The summed E-state index contributed by atoms with van der Waals surface area (Å²) < 4.78 is 0. The molecule has 1 aromatic heterocycles. The first-order chi connectivity index (χ1) is 8.31. The molecule has 92 valence electrons. The van der Waals surface area contributed by atoms with Crippen molar-refractivity contribution in [1.82, 2.24) is 9.97 Å². The van der Waals surface area contributed by atoms with Gasteiger partial charge in [-0.15, -0.1) is 0 Å². The van der Waals surface area contributed by atoms with Crippen LogP contribution in [0.2, 0.25) is 0 Å². The molecule has 0 aliphatic rings. The van der Waals surface area contributed by atoms with Crippen LogP contribution in [0.15, 0.2) is 18.5 Å². The number of hydrogen-bond acceptors (Lipinski definition) is 4. The van der Waals surface area contributed by atoms with Crippen molar-refractivity contribution in [3.05, 3.63) is 18.5 Å². The van der Waals surface area contributed by atoms with Crippen LogP contribution in [0, 0.1) is 17.2 Å². The van der Waals surface area contributed by atoms with Gasteiger partial charge in [-0.05, 0) is 12.0 Å². The van der Waals surface area contributed by atoms with Crippen LogP contribution in [0.4, 0.5) is 5.95 Å². The smallest absolute Gasteiger partial charge is 0.225 e. The first-order valence-electron chi connectivity index (χ1n) is 6.20. The Morgan fingerprint density at radius 1 is 1.29 bits per heavy atom. The van der Waals surface area contributed by atoms with E-state index in [4.69, 9.17) is 5.26 Å². The molecule has 0 aromatic carbocycles. The highest BCUT2D eigenvalue weighted by Gasteiger charge is 2.13. The van der Waals surface area contributed by atoms with E-state index in [1.165, 1.54) is 0 Å². The molecule has 0 aliphatic heterocycles. The van der Waals surface area contributed by atoms with Gasteiger partial charge in [0.15, 0.2) is 0 Å². The SMILES string of the molecule is CCC(CC)CN(CCC#N)c1ncccn1. The molecule has 0 radical (unpaired) electrons. The number of nitrogens with zero attached hydrogens (tertiary/aromatic N) is 4. The molecule has 0 atom stereocenters. The first-order valence-corrected chi connectivity index (χ1v) is 6.20. The van der Waals surface area contributed by atoms with Crippen molar-refractivity contribution in [2.75, 3.05) is 18.0 Å². The van der Waals surface area contributed by atoms with Crippen molar-refractivity contribution in [3.63, 3.8) is 0 Å². The Morgan fingerprint density at radius 2 is 1.94 bits per heavy atom. The van der Waals surface area contributed by atoms with Crippen molar-refractivity contribution in [3.8, 4) is 6.07 Å². The maximum atomic E-state index is 8.69. The highest BCUT2D eigenvalue weighted by atomic mass is 15.2. The van der Waals surface area contributed by atoms with Gasteiger partial charge >= 0.3 is 0 Å². The van der Waals surface area contributed by atoms with Gasteiger partial charge in [0.2, 0.25) is 5.95 Å². The third kappa shape index (κ3) is 4.39. The largest absolute Gasteiger partial charge is 0.340 e. The second-order valence-electron chi connectivity index (χ2n) is 4.09. The Kier molecular flexibility index (Phi) is 6.02. The van der Waals surface area contributed by atoms with Crippen LogP contribution in [0.3, 0.4) is 0 Å². The van der Waals surface area contributed by atoms with Gasteiger partial charge < -0.3 is 4.90 Å². The van der Waals surface area contributed by atoms with Crippen LogP contribution < -0.4 is 4.90 Å². The Hall–Kier alpha value is -1.63. The van der Waals surface area contributed by atoms with Crippen LogP contribution >= 0.6 is 0 Å². The summed E-state index contributed by atoms with van der Waals surface area (Å²) in [7, 11) is 0. The number of nitriles is 1. The number of hydrogen-bond donors (Lipinski definition) is 0. The summed E-state index contributed by atoms with van der Waals surface area (Å²) in [6.45, 7) is 6.03. The zero-order valence-electron chi connectivity index (χ0n) is 10.6. The summed E-state index contributed by atoms with van der Waals surface area (Å²) in [6, 6.07) is 3.99. The van der Waals surface area contributed by atoms with Crippen LogP contribution in [-0.2, 0) is 0 Å². The maximum absolute atomic E-state index is 8.69. The Bertz CT molecular complexity index is 340. The molecule has 0 unspecified atom stereocenters. The minimum atomic E-state index is 0.512. The van der Waals surface area contributed by atoms with E-state index in [0.29, 0.717) is 18.9 Å². The fraction of sp³-hybridized carbons (Fsp3) is 0.615. The van der Waals surface area contributed by atoms with Crippen LogP contribution in [0.1, 0.15) is 33.1 Å². The van der Waals surface area contributed by atoms with E-state index in [1.54, 1.807) is 12.4 Å². The Morgan fingerprint density at radius 3 is 2.47 bits per heavy atom. The normalized spacial score (nSPS) is 10.2. The standard InChI is InChI=1S/C13H20N4/c1-3-12(4-2)11-17(10-5-7-14)13-15-8-6-9-16-13/h6,8-9,12H,3-5,10-11H2,1-2H3. The summed E-state index contributed by atoms with van der Waals surface area (Å²) in [5, 5.41) is 8.69. The number of anilines is 1. The van der Waals surface area contributed by atoms with Crippen LogP contribution in [0.25, 0.3) is 0 Å². The molecule has 0 saturated carbocycles. The van der Waals surface area contributed by atoms with Gasteiger partial charge in [0.05, 0.1) is 12.5 Å². The van der Waals surface area contributed by atoms with Crippen molar-refractivity contribution in [1.29, 1.82) is 5.26 Å². The van der Waals surface area contributed by atoms with Gasteiger partial charge in [-0.3, -0.25) is 0 Å². The maximum Gasteiger partial charge on any atom is 0.225 e. The molecule has 0 bridgehead atoms. The van der Waals surface area contributed by atoms with Crippen LogP contribution in [0.5, 0.6) is 0 Å². The molecule has 1 rings (SSSR count). The average molecular weight is 232 g/mol. The lowest BCUT2D eigenvalue weighted by Crippen LogP contribution is -2.31. The lowest BCUT2D eigenvalue weighted by atomic mass is 10.0. The lowest BCUT2D eigenvalue weighted by Gasteiger charge is -2.25. The molecule has 4 heteroatoms. The quantitative estimate of drug-likeness (QED) is 0.725. The van der Waals surface area contributed by atoms with E-state index < -0.39 is 0 Å². The van der Waals surface area contributed by atoms with Gasteiger partial charge in [0, 0.05) is 25.5 Å². The van der Waals surface area contributed by atoms with E-state index in [1.807, 2.05) is 6.07 Å². The number of aromatic nitrogens is 2. The van der Waals surface area contributed by atoms with Gasteiger partial charge in [-0.1, -0.05) is 26.7 Å². The van der Waals surface area contributed by atoms with Gasteiger partial charge in [-0.2, -0.15) is 5.26 Å². The van der Waals surface area contributed by atoms with Crippen molar-refractivity contribution >= 4 is 5.95 Å². The summed E-state index contributed by atoms with van der Waals surface area (Å²) in [5.74, 6) is 1.37. The van der Waals surface area contributed by atoms with Crippen molar-refractivity contribution in [2.24, 2.45) is 5.92 Å². The van der Waals surface area contributed by atoms with E-state index >= 15 is 0 Å². The molecule has 1 heterocycles. The summed E-state index contributed by atoms with van der Waals surface area (Å²) in [5.41, 5.74) is 0. The average Bonchev–Trinajstić information content (AvgIpc) is 2.40. The van der Waals surface area contributed by atoms with Gasteiger partial charge in [0.25, 0.3) is 0 Å². The van der Waals surface area contributed by atoms with E-state index in [0.717, 1.165) is 25.3 Å². The van der Waals surface area contributed by atoms with E-state index in [9.17, 15) is 0 Å². The zero-order chi connectivity index (χ0) is 12.5. The molecule has 0 spiro atoms. The Balaban J connectivity index is 2.70. The lowest BCUT2D eigenvalue weighted by molar-refractivity contribution is 0.480. The second-order valence-corrected chi connectivity index (χ2v) is 4.09. The fourth-order valence-electron chi connectivity index (χ4n) is 1.77. The van der Waals surface area contributed by atoms with Gasteiger partial charge in [-0.25, -0.2) is 9.97 Å². The molecule has 0 saturated heterocycles. The summed E-state index contributed by atoms with van der Waals surface area (Å²) >= 11 is 0. The molecule has 4 nitrogen and oxygen atoms in total. The molecule has 0 fully saturated rings. The molecule has 17 heavy (non-hydrogen) atoms. The minimum Gasteiger partial charge on any atom is -0.340 e. The monoisotopic (exact) mass is 232 g/mol. The topological polar surface area (TPSA) is 52.8 Å². The highest BCUT2D eigenvalue weighted by molar-refractivity contribution is 5.28. The Labute approximate surface area is 103 Å². The fourth-order valence-corrected chi connectivity index (χ4v) is 1.77. The predicted octanol–water partition coefficient (Wildman–Crippen LogP) is 2.63.